The summed E-state index contributed by atoms with van der Waals surface area (Å²) in [4.78, 5) is 48.8. The lowest BCUT2D eigenvalue weighted by atomic mass is 10.0. The summed E-state index contributed by atoms with van der Waals surface area (Å²) >= 11 is -1.84. The number of fused-ring (bicyclic) bond motifs is 1. The molecule has 4 rings (SSSR count). The van der Waals surface area contributed by atoms with Crippen LogP contribution < -0.4 is 5.32 Å². The zero-order chi connectivity index (χ0) is 25.3. The number of amides is 2. The van der Waals surface area contributed by atoms with E-state index in [2.05, 4.69) is 5.32 Å². The molecule has 3 N–H and O–H groups in total. The molecule has 2 heterocycles. The van der Waals surface area contributed by atoms with Gasteiger partial charge in [-0.15, -0.1) is 0 Å². The van der Waals surface area contributed by atoms with Crippen LogP contribution in [0, 0.1) is 10.1 Å². The lowest BCUT2D eigenvalue weighted by Crippen LogP contribution is -2.75. The summed E-state index contributed by atoms with van der Waals surface area (Å²) in [5.41, 5.74) is 0.0895. The number of carbonyl (C=O) groups is 3. The molecule has 12 nitrogen and oxygen atoms in total. The second-order valence-corrected chi connectivity index (χ2v) is 9.25. The summed E-state index contributed by atoms with van der Waals surface area (Å²) in [7, 11) is 0. The molecule has 182 valence electrons. The van der Waals surface area contributed by atoms with Crippen LogP contribution in [0.25, 0.3) is 0 Å². The highest BCUT2D eigenvalue weighted by molar-refractivity contribution is 7.92. The first-order valence-electron chi connectivity index (χ1n) is 10.2. The average molecular weight is 501 g/mol. The number of ether oxygens (including phenoxy) is 1. The van der Waals surface area contributed by atoms with Crippen LogP contribution in [0.5, 0.6) is 0 Å². The van der Waals surface area contributed by atoms with E-state index in [1.165, 1.54) is 36.4 Å². The van der Waals surface area contributed by atoms with Gasteiger partial charge in [-0.05, 0) is 34.4 Å². The molecule has 0 aliphatic carbocycles. The summed E-state index contributed by atoms with van der Waals surface area (Å²) in [5, 5.41) is 32.4. The Hall–Kier alpha value is -3.94. The maximum atomic E-state index is 12.8. The van der Waals surface area contributed by atoms with Gasteiger partial charge in [-0.1, -0.05) is 30.3 Å². The number of aliphatic hydroxyl groups is 2. The molecule has 2 aromatic carbocycles. The fourth-order valence-electron chi connectivity index (χ4n) is 3.70. The van der Waals surface area contributed by atoms with Crippen molar-refractivity contribution < 1.29 is 38.8 Å². The first-order chi connectivity index (χ1) is 16.7. The molecule has 3 unspecified atom stereocenters. The number of rotatable bonds is 7. The Morgan fingerprint density at radius 1 is 1.20 bits per heavy atom. The second kappa shape index (κ2) is 9.74. The van der Waals surface area contributed by atoms with Crippen molar-refractivity contribution in [2.24, 2.45) is 0 Å². The zero-order valence-corrected chi connectivity index (χ0v) is 18.7. The maximum Gasteiger partial charge on any atom is 0.359 e. The van der Waals surface area contributed by atoms with Gasteiger partial charge in [0.2, 0.25) is 5.37 Å². The Balaban J connectivity index is 1.43. The van der Waals surface area contributed by atoms with Crippen molar-refractivity contribution in [1.82, 2.24) is 10.2 Å². The second-order valence-electron chi connectivity index (χ2n) is 7.72. The van der Waals surface area contributed by atoms with E-state index in [1.54, 1.807) is 18.2 Å². The van der Waals surface area contributed by atoms with E-state index in [-0.39, 0.29) is 12.3 Å². The lowest BCUT2D eigenvalue weighted by molar-refractivity contribution is -0.384. The molecule has 2 aliphatic rings. The van der Waals surface area contributed by atoms with Crippen molar-refractivity contribution in [1.29, 1.82) is 0 Å². The van der Waals surface area contributed by atoms with Crippen molar-refractivity contribution in [3.8, 4) is 0 Å². The van der Waals surface area contributed by atoms with Crippen molar-refractivity contribution in [3.05, 3.63) is 87.3 Å². The SMILES string of the molecule is O=C(OCc1ccc([N+](=O)[O-])cc1)C1=C(O)C[S+]([O-])[C@H]2C(NC(=O)C(O)c3ccccc3)C(=O)N12. The molecule has 2 amide bonds. The van der Waals surface area contributed by atoms with Gasteiger partial charge in [-0.25, -0.2) is 4.79 Å². The van der Waals surface area contributed by atoms with Crippen LogP contribution in [0.2, 0.25) is 0 Å². The fraction of sp³-hybridized carbons (Fsp3) is 0.227. The summed E-state index contributed by atoms with van der Waals surface area (Å²) in [5.74, 6) is -3.79. The Morgan fingerprint density at radius 2 is 1.86 bits per heavy atom. The van der Waals surface area contributed by atoms with Gasteiger partial charge >= 0.3 is 5.97 Å². The summed E-state index contributed by atoms with van der Waals surface area (Å²) < 4.78 is 17.7. The van der Waals surface area contributed by atoms with Gasteiger partial charge in [-0.3, -0.25) is 24.6 Å². The molecule has 1 saturated heterocycles. The zero-order valence-electron chi connectivity index (χ0n) is 17.9. The number of nitro benzene ring substituents is 1. The highest BCUT2D eigenvalue weighted by Gasteiger charge is 2.61. The minimum absolute atomic E-state index is 0.144. The number of aliphatic hydroxyl groups excluding tert-OH is 2. The van der Waals surface area contributed by atoms with Gasteiger partial charge in [0.25, 0.3) is 17.5 Å². The topological polar surface area (TPSA) is 182 Å². The third-order valence-electron chi connectivity index (χ3n) is 5.48. The summed E-state index contributed by atoms with van der Waals surface area (Å²) in [6.45, 7) is -0.299. The molecule has 0 aromatic heterocycles. The van der Waals surface area contributed by atoms with E-state index >= 15 is 0 Å². The molecule has 35 heavy (non-hydrogen) atoms. The van der Waals surface area contributed by atoms with Gasteiger partial charge in [0.15, 0.2) is 29.4 Å². The van der Waals surface area contributed by atoms with E-state index in [9.17, 15) is 39.3 Å². The number of hydrogen-bond acceptors (Lipinski definition) is 9. The van der Waals surface area contributed by atoms with Crippen LogP contribution in [0.15, 0.2) is 66.1 Å². The van der Waals surface area contributed by atoms with E-state index < -0.39 is 68.6 Å². The van der Waals surface area contributed by atoms with Crippen molar-refractivity contribution >= 4 is 34.6 Å². The molecule has 2 aliphatic heterocycles. The number of β-lactam (4-membered cyclic amide) rings is 1. The summed E-state index contributed by atoms with van der Waals surface area (Å²) in [6.07, 6.45) is -1.56. The molecule has 0 radical (unpaired) electrons. The van der Waals surface area contributed by atoms with Crippen LogP contribution in [-0.2, 0) is 36.9 Å². The maximum absolute atomic E-state index is 12.8. The van der Waals surface area contributed by atoms with Crippen molar-refractivity contribution in [2.75, 3.05) is 5.75 Å². The lowest BCUT2D eigenvalue weighted by Gasteiger charge is -2.48. The number of carbonyl (C=O) groups excluding carboxylic acids is 3. The molecule has 4 atom stereocenters. The minimum Gasteiger partial charge on any atom is -0.614 e. The predicted molar refractivity (Wildman–Crippen MR) is 120 cm³/mol. The van der Waals surface area contributed by atoms with Gasteiger partial charge in [-0.2, -0.15) is 0 Å². The van der Waals surface area contributed by atoms with E-state index in [0.29, 0.717) is 11.1 Å². The van der Waals surface area contributed by atoms with Crippen molar-refractivity contribution in [3.63, 3.8) is 0 Å². The van der Waals surface area contributed by atoms with Gasteiger partial charge in [0.05, 0.1) is 4.92 Å². The molecule has 13 heteroatoms. The van der Waals surface area contributed by atoms with Gasteiger partial charge in [0.1, 0.15) is 6.61 Å². The van der Waals surface area contributed by atoms with E-state index in [1.807, 2.05) is 0 Å². The number of nitrogens with one attached hydrogen (secondary N) is 1. The first kappa shape index (κ1) is 24.2. The summed E-state index contributed by atoms with van der Waals surface area (Å²) in [6, 6.07) is 12.0. The molecule has 0 saturated carbocycles. The Kier molecular flexibility index (Phi) is 6.73. The molecular weight excluding hydrogens is 482 g/mol. The van der Waals surface area contributed by atoms with Crippen LogP contribution >= 0.6 is 0 Å². The average Bonchev–Trinajstić information content (AvgIpc) is 2.85. The number of benzene rings is 2. The van der Waals surface area contributed by atoms with Crippen LogP contribution in [-0.4, -0.2) is 59.5 Å². The molecular formula is C22H19N3O9S. The number of hydrogen-bond donors (Lipinski definition) is 3. The van der Waals surface area contributed by atoms with Crippen molar-refractivity contribution in [2.45, 2.75) is 24.1 Å². The fourth-order valence-corrected chi connectivity index (χ4v) is 5.21. The van der Waals surface area contributed by atoms with Gasteiger partial charge < -0.3 is 24.8 Å². The number of non-ortho nitro benzene ring substituents is 1. The van der Waals surface area contributed by atoms with Gasteiger partial charge in [0, 0.05) is 12.1 Å². The van der Waals surface area contributed by atoms with Crippen LogP contribution in [0.4, 0.5) is 5.69 Å². The third-order valence-corrected chi connectivity index (χ3v) is 7.06. The minimum atomic E-state index is -1.84. The monoisotopic (exact) mass is 501 g/mol. The largest absolute Gasteiger partial charge is 0.614 e. The number of esters is 1. The van der Waals surface area contributed by atoms with Crippen LogP contribution in [0.3, 0.4) is 0 Å². The Bertz CT molecular complexity index is 1200. The first-order valence-corrected chi connectivity index (χ1v) is 11.6. The highest BCUT2D eigenvalue weighted by atomic mass is 32.2. The number of nitrogens with zero attached hydrogens (tertiary/aromatic N) is 2. The van der Waals surface area contributed by atoms with E-state index in [0.717, 1.165) is 4.90 Å². The molecule has 1 fully saturated rings. The van der Waals surface area contributed by atoms with Crippen LogP contribution in [0.1, 0.15) is 17.2 Å². The highest BCUT2D eigenvalue weighted by Crippen LogP contribution is 2.36. The third kappa shape index (κ3) is 4.69. The molecule has 0 bridgehead atoms. The Labute approximate surface area is 201 Å². The standard InChI is InChI=1S/C22H19N3O9S/c26-15-11-35(33)21-16(23-19(28)18(27)13-4-2-1-3-5-13)20(29)24(21)17(15)22(30)34-10-12-6-8-14(9-7-12)25(31)32/h1-9,16,18,21,26-27H,10-11H2,(H,23,28)/t16?,18?,21-,35?/m0/s1. The smallest absolute Gasteiger partial charge is 0.359 e. The normalized spacial score (nSPS) is 22.1. The van der Waals surface area contributed by atoms with E-state index in [4.69, 9.17) is 4.74 Å². The quantitative estimate of drug-likeness (QED) is 0.160. The Morgan fingerprint density at radius 3 is 2.49 bits per heavy atom. The number of nitro groups is 1. The predicted octanol–water partition coefficient (Wildman–Crippen LogP) is 0.557. The molecule has 2 aromatic rings. The molecule has 0 spiro atoms.